The second-order valence-electron chi connectivity index (χ2n) is 3.18. The highest BCUT2D eigenvalue weighted by atomic mass is 32.1. The molecule has 0 atom stereocenters. The maximum absolute atomic E-state index is 13.1. The zero-order chi connectivity index (χ0) is 12.4. The molecule has 6 nitrogen and oxygen atoms in total. The summed E-state index contributed by atoms with van der Waals surface area (Å²) >= 11 is 4.50. The van der Waals surface area contributed by atoms with E-state index < -0.39 is 5.82 Å². The van der Waals surface area contributed by atoms with Crippen molar-refractivity contribution in [3.63, 3.8) is 0 Å². The minimum atomic E-state index is -0.448. The summed E-state index contributed by atoms with van der Waals surface area (Å²) in [7, 11) is 0. The van der Waals surface area contributed by atoms with Crippen LogP contribution in [0.4, 0.5) is 10.1 Å². The summed E-state index contributed by atoms with van der Waals surface area (Å²) in [5, 5.41) is 12.1. The molecule has 0 unspecified atom stereocenters. The van der Waals surface area contributed by atoms with Gasteiger partial charge in [-0.05, 0) is 30.4 Å². The molecule has 2 rings (SSSR count). The normalized spacial score (nSPS) is 10.2. The maximum atomic E-state index is 13.1. The smallest absolute Gasteiger partial charge is 0.254 e. The van der Waals surface area contributed by atoms with E-state index in [1.165, 1.54) is 18.2 Å². The largest absolute Gasteiger partial charge is 0.493 e. The summed E-state index contributed by atoms with van der Waals surface area (Å²) in [6.45, 7) is 0. The Bertz CT molecular complexity index is 598. The fraction of sp³-hybridized carbons (Fsp3) is 0. The van der Waals surface area contributed by atoms with Gasteiger partial charge in [0.1, 0.15) is 11.5 Å². The van der Waals surface area contributed by atoms with Crippen LogP contribution in [0.2, 0.25) is 0 Å². The van der Waals surface area contributed by atoms with Crippen LogP contribution in [0.1, 0.15) is 0 Å². The monoisotopic (exact) mass is 254 g/mol. The van der Waals surface area contributed by atoms with Crippen molar-refractivity contribution in [2.45, 2.75) is 0 Å². The van der Waals surface area contributed by atoms with Crippen molar-refractivity contribution >= 4 is 33.9 Å². The van der Waals surface area contributed by atoms with Crippen molar-refractivity contribution in [2.24, 2.45) is 5.18 Å². The summed E-state index contributed by atoms with van der Waals surface area (Å²) in [4.78, 5) is 12.7. The van der Waals surface area contributed by atoms with Gasteiger partial charge in [-0.25, -0.2) is 4.39 Å². The highest BCUT2D eigenvalue weighted by Gasteiger charge is 2.11. The van der Waals surface area contributed by atoms with Gasteiger partial charge in [0.15, 0.2) is 0 Å². The third-order valence-electron chi connectivity index (χ3n) is 2.12. The first-order chi connectivity index (χ1) is 8.11. The molecule has 4 N–H and O–H groups in total. The minimum Gasteiger partial charge on any atom is -0.493 e. The number of benzene rings is 1. The number of hydrogen-bond acceptors (Lipinski definition) is 4. The van der Waals surface area contributed by atoms with E-state index in [1.807, 2.05) is 0 Å². The van der Waals surface area contributed by atoms with Crippen molar-refractivity contribution in [3.05, 3.63) is 28.9 Å². The summed E-state index contributed by atoms with van der Waals surface area (Å²) in [6.07, 6.45) is 0. The van der Waals surface area contributed by atoms with E-state index in [0.29, 0.717) is 10.9 Å². The molecule has 0 fully saturated rings. The maximum Gasteiger partial charge on any atom is 0.254 e. The Morgan fingerprint density at radius 1 is 1.53 bits per heavy atom. The van der Waals surface area contributed by atoms with Crippen molar-refractivity contribution < 1.29 is 9.50 Å². The molecule has 1 aromatic heterocycles. The summed E-state index contributed by atoms with van der Waals surface area (Å²) < 4.78 is 13.1. The number of nitroso groups, excluding NO2 is 1. The fourth-order valence-corrected chi connectivity index (χ4v) is 1.47. The molecule has 0 aliphatic carbocycles. The lowest BCUT2D eigenvalue weighted by atomic mass is 10.2. The zero-order valence-electron chi connectivity index (χ0n) is 8.32. The van der Waals surface area contributed by atoms with Gasteiger partial charge < -0.3 is 10.1 Å². The van der Waals surface area contributed by atoms with E-state index >= 15 is 0 Å². The number of aromatic amines is 1. The van der Waals surface area contributed by atoms with Crippen LogP contribution in [0.3, 0.4) is 0 Å². The number of fused-ring (bicyclic) bond motifs is 1. The molecule has 1 aromatic carbocycles. The first kappa shape index (κ1) is 11.3. The number of aromatic hydroxyl groups is 1. The van der Waals surface area contributed by atoms with E-state index in [-0.39, 0.29) is 16.7 Å². The van der Waals surface area contributed by atoms with Crippen LogP contribution in [-0.2, 0) is 0 Å². The Morgan fingerprint density at radius 3 is 3.00 bits per heavy atom. The Morgan fingerprint density at radius 2 is 2.29 bits per heavy atom. The molecule has 8 heteroatoms. The van der Waals surface area contributed by atoms with Crippen LogP contribution in [0, 0.1) is 10.7 Å². The Hall–Kier alpha value is -2.22. The number of hydrogen-bond donors (Lipinski definition) is 4. The molecule has 0 aliphatic heterocycles. The summed E-state index contributed by atoms with van der Waals surface area (Å²) in [6, 6.07) is 3.96. The zero-order valence-corrected chi connectivity index (χ0v) is 9.14. The fourth-order valence-electron chi connectivity index (χ4n) is 1.42. The molecule has 0 radical (unpaired) electrons. The molecule has 0 aliphatic rings. The van der Waals surface area contributed by atoms with Crippen molar-refractivity contribution in [1.82, 2.24) is 10.4 Å². The highest BCUT2D eigenvalue weighted by molar-refractivity contribution is 7.80. The third kappa shape index (κ3) is 2.16. The van der Waals surface area contributed by atoms with Crippen LogP contribution in [0.25, 0.3) is 10.9 Å². The van der Waals surface area contributed by atoms with Gasteiger partial charge in [-0.1, -0.05) is 0 Å². The number of hydrazine groups is 1. The van der Waals surface area contributed by atoms with Gasteiger partial charge in [-0.15, -0.1) is 4.91 Å². The lowest BCUT2D eigenvalue weighted by Gasteiger charge is -2.05. The van der Waals surface area contributed by atoms with E-state index in [4.69, 9.17) is 0 Å². The van der Waals surface area contributed by atoms with Gasteiger partial charge >= 0.3 is 0 Å². The number of anilines is 1. The predicted octanol–water partition coefficient (Wildman–Crippen LogP) is 1.98. The van der Waals surface area contributed by atoms with Crippen LogP contribution < -0.4 is 10.9 Å². The van der Waals surface area contributed by atoms with Gasteiger partial charge in [-0.2, -0.15) is 0 Å². The SMILES string of the molecule is O=NC(=S)NNc1c(O)[nH]c2ccc(F)cc12. The van der Waals surface area contributed by atoms with E-state index in [1.54, 1.807) is 0 Å². The van der Waals surface area contributed by atoms with E-state index in [9.17, 15) is 14.4 Å². The minimum absolute atomic E-state index is 0.186. The molecule has 0 saturated carbocycles. The Balaban J connectivity index is 2.38. The van der Waals surface area contributed by atoms with Gasteiger partial charge in [0.2, 0.25) is 5.88 Å². The molecule has 0 amide bonds. The predicted molar refractivity (Wildman–Crippen MR) is 65.1 cm³/mol. The molecular formula is C9H7FN4O2S. The molecule has 0 bridgehead atoms. The standard InChI is InChI=1S/C9H7FN4O2S/c10-4-1-2-6-5(3-4)7(8(15)11-6)12-13-9(17)14-16/h1-3,11-12,15H,(H,13,17). The molecule has 2 aromatic rings. The van der Waals surface area contributed by atoms with Crippen LogP contribution in [-0.4, -0.2) is 15.2 Å². The van der Waals surface area contributed by atoms with Crippen LogP contribution >= 0.6 is 12.2 Å². The second kappa shape index (κ2) is 4.34. The van der Waals surface area contributed by atoms with Crippen molar-refractivity contribution in [1.29, 1.82) is 0 Å². The molecule has 17 heavy (non-hydrogen) atoms. The van der Waals surface area contributed by atoms with E-state index in [0.717, 1.165) is 0 Å². The third-order valence-corrected chi connectivity index (χ3v) is 2.29. The van der Waals surface area contributed by atoms with Crippen LogP contribution in [0.15, 0.2) is 23.4 Å². The van der Waals surface area contributed by atoms with Gasteiger partial charge in [0.25, 0.3) is 5.11 Å². The first-order valence-electron chi connectivity index (χ1n) is 4.51. The van der Waals surface area contributed by atoms with Crippen LogP contribution in [0.5, 0.6) is 5.88 Å². The average molecular weight is 254 g/mol. The molecule has 88 valence electrons. The number of halogens is 1. The summed E-state index contributed by atoms with van der Waals surface area (Å²) in [5.41, 5.74) is 5.49. The average Bonchev–Trinajstić information content (AvgIpc) is 2.61. The second-order valence-corrected chi connectivity index (χ2v) is 3.57. The topological polar surface area (TPSA) is 89.5 Å². The lowest BCUT2D eigenvalue weighted by Crippen LogP contribution is -2.25. The van der Waals surface area contributed by atoms with Crippen molar-refractivity contribution in [2.75, 3.05) is 5.43 Å². The number of nitrogens with zero attached hydrogens (tertiary/aromatic N) is 1. The lowest BCUT2D eigenvalue weighted by molar-refractivity contribution is 0.460. The Labute approximate surface area is 99.8 Å². The number of nitrogens with one attached hydrogen (secondary N) is 3. The first-order valence-corrected chi connectivity index (χ1v) is 4.92. The summed E-state index contributed by atoms with van der Waals surface area (Å²) in [5.74, 6) is -0.651. The number of thiocarbonyl (C=S) groups is 1. The van der Waals surface area contributed by atoms with Crippen molar-refractivity contribution in [3.8, 4) is 5.88 Å². The van der Waals surface area contributed by atoms with E-state index in [2.05, 4.69) is 33.2 Å². The van der Waals surface area contributed by atoms with Gasteiger partial charge in [-0.3, -0.25) is 10.9 Å². The van der Waals surface area contributed by atoms with Gasteiger partial charge in [0.05, 0.1) is 5.52 Å². The Kier molecular flexibility index (Phi) is 2.88. The highest BCUT2D eigenvalue weighted by Crippen LogP contribution is 2.32. The molecule has 0 saturated heterocycles. The molecular weight excluding hydrogens is 247 g/mol. The molecule has 1 heterocycles. The quantitative estimate of drug-likeness (QED) is 0.374. The number of rotatable bonds is 2. The number of aromatic nitrogens is 1. The van der Waals surface area contributed by atoms with Gasteiger partial charge in [0, 0.05) is 10.6 Å². The number of H-pyrrole nitrogens is 1. The molecule has 0 spiro atoms.